The minimum Gasteiger partial charge on any atom is -0.349 e. The maximum Gasteiger partial charge on any atom is 0.346 e. The van der Waals surface area contributed by atoms with Gasteiger partial charge < -0.3 is 5.32 Å². The molecule has 1 aromatic carbocycles. The van der Waals surface area contributed by atoms with Gasteiger partial charge in [0.1, 0.15) is 12.4 Å². The van der Waals surface area contributed by atoms with Gasteiger partial charge in [0.2, 0.25) is 5.91 Å². The molecule has 7 nitrogen and oxygen atoms in total. The number of aromatic nitrogens is 4. The molecule has 0 aliphatic rings. The molecule has 2 heterocycles. The van der Waals surface area contributed by atoms with Crippen LogP contribution in [0.5, 0.6) is 0 Å². The van der Waals surface area contributed by atoms with Crippen LogP contribution in [0.4, 0.5) is 0 Å². The summed E-state index contributed by atoms with van der Waals surface area (Å²) in [4.78, 5) is 29.0. The zero-order chi connectivity index (χ0) is 19.2. The standard InChI is InChI=1S/C20H23N5O2/c1-15-7-6-11-21-18(15)13-22-19(26)14-25-20(27)24(16(2)23-25)12-10-17-8-4-3-5-9-17/h3-9,11H,10,12-14H2,1-2H3,(H,22,26). The average Bonchev–Trinajstić information content (AvgIpc) is 2.93. The number of aryl methyl sites for hydroxylation is 3. The molecule has 0 saturated heterocycles. The number of benzene rings is 1. The van der Waals surface area contributed by atoms with Crippen LogP contribution >= 0.6 is 0 Å². The fourth-order valence-corrected chi connectivity index (χ4v) is 2.87. The van der Waals surface area contributed by atoms with Crippen LogP contribution in [-0.2, 0) is 30.8 Å². The number of amides is 1. The molecule has 0 aliphatic carbocycles. The lowest BCUT2D eigenvalue weighted by atomic mass is 10.1. The lowest BCUT2D eigenvalue weighted by Crippen LogP contribution is -2.34. The van der Waals surface area contributed by atoms with Gasteiger partial charge in [0.05, 0.1) is 12.2 Å². The van der Waals surface area contributed by atoms with Crippen molar-refractivity contribution in [3.8, 4) is 0 Å². The Morgan fingerprint density at radius 2 is 1.89 bits per heavy atom. The number of carbonyl (C=O) groups excluding carboxylic acids is 1. The summed E-state index contributed by atoms with van der Waals surface area (Å²) < 4.78 is 2.81. The van der Waals surface area contributed by atoms with Gasteiger partial charge in [0.15, 0.2) is 0 Å². The van der Waals surface area contributed by atoms with Gasteiger partial charge in [-0.15, -0.1) is 0 Å². The largest absolute Gasteiger partial charge is 0.349 e. The topological polar surface area (TPSA) is 81.8 Å². The zero-order valence-electron chi connectivity index (χ0n) is 15.6. The highest BCUT2D eigenvalue weighted by molar-refractivity contribution is 5.75. The summed E-state index contributed by atoms with van der Waals surface area (Å²) in [5, 5.41) is 7.02. The van der Waals surface area contributed by atoms with E-state index in [9.17, 15) is 9.59 Å². The molecule has 0 radical (unpaired) electrons. The van der Waals surface area contributed by atoms with Crippen molar-refractivity contribution in [1.29, 1.82) is 0 Å². The van der Waals surface area contributed by atoms with Gasteiger partial charge in [-0.05, 0) is 37.5 Å². The van der Waals surface area contributed by atoms with Gasteiger partial charge in [0, 0.05) is 12.7 Å². The second kappa shape index (κ2) is 8.44. The fraction of sp³-hybridized carbons (Fsp3) is 0.300. The number of hydrogen-bond acceptors (Lipinski definition) is 4. The monoisotopic (exact) mass is 365 g/mol. The first-order valence-corrected chi connectivity index (χ1v) is 8.90. The molecule has 0 bridgehead atoms. The van der Waals surface area contributed by atoms with Crippen LogP contribution in [0.2, 0.25) is 0 Å². The normalized spacial score (nSPS) is 10.7. The van der Waals surface area contributed by atoms with Gasteiger partial charge in [-0.1, -0.05) is 36.4 Å². The van der Waals surface area contributed by atoms with Crippen LogP contribution in [0.1, 0.15) is 22.6 Å². The molecule has 0 unspecified atom stereocenters. The summed E-state index contributed by atoms with van der Waals surface area (Å²) in [6, 6.07) is 13.8. The molecule has 140 valence electrons. The smallest absolute Gasteiger partial charge is 0.346 e. The third-order valence-corrected chi connectivity index (χ3v) is 4.44. The molecule has 7 heteroatoms. The lowest BCUT2D eigenvalue weighted by molar-refractivity contribution is -0.122. The molecule has 2 aromatic heterocycles. The van der Waals surface area contributed by atoms with E-state index in [1.165, 1.54) is 4.68 Å². The van der Waals surface area contributed by atoms with Crippen LogP contribution < -0.4 is 11.0 Å². The molecular weight excluding hydrogens is 342 g/mol. The Labute approximate surface area is 157 Å². The number of carbonyl (C=O) groups is 1. The lowest BCUT2D eigenvalue weighted by Gasteiger charge is -2.06. The summed E-state index contributed by atoms with van der Waals surface area (Å²) in [6.45, 7) is 4.47. The summed E-state index contributed by atoms with van der Waals surface area (Å²) >= 11 is 0. The van der Waals surface area contributed by atoms with Crippen molar-refractivity contribution in [2.24, 2.45) is 0 Å². The van der Waals surface area contributed by atoms with E-state index in [0.29, 0.717) is 18.9 Å². The van der Waals surface area contributed by atoms with E-state index in [0.717, 1.165) is 23.2 Å². The van der Waals surface area contributed by atoms with Crippen molar-refractivity contribution in [3.63, 3.8) is 0 Å². The first-order valence-electron chi connectivity index (χ1n) is 8.90. The second-order valence-electron chi connectivity index (χ2n) is 6.42. The maximum absolute atomic E-state index is 12.5. The number of nitrogens with one attached hydrogen (secondary N) is 1. The van der Waals surface area contributed by atoms with Crippen LogP contribution in [0, 0.1) is 13.8 Å². The van der Waals surface area contributed by atoms with E-state index in [-0.39, 0.29) is 18.1 Å². The molecule has 0 aliphatic heterocycles. The summed E-state index contributed by atoms with van der Waals surface area (Å²) in [5.41, 5.74) is 2.70. The molecule has 1 N–H and O–H groups in total. The van der Waals surface area contributed by atoms with Crippen LogP contribution in [0.25, 0.3) is 0 Å². The Balaban J connectivity index is 1.61. The third-order valence-electron chi connectivity index (χ3n) is 4.44. The van der Waals surface area contributed by atoms with Crippen LogP contribution in [0.15, 0.2) is 53.5 Å². The second-order valence-corrected chi connectivity index (χ2v) is 6.42. The fourth-order valence-electron chi connectivity index (χ4n) is 2.87. The molecule has 0 fully saturated rings. The van der Waals surface area contributed by atoms with Crippen LogP contribution in [-0.4, -0.2) is 25.2 Å². The highest BCUT2D eigenvalue weighted by atomic mass is 16.2. The molecule has 0 atom stereocenters. The SMILES string of the molecule is Cc1cccnc1CNC(=O)Cn1nc(C)n(CCc2ccccc2)c1=O. The van der Waals surface area contributed by atoms with Crippen molar-refractivity contribution in [3.05, 3.63) is 81.8 Å². The Morgan fingerprint density at radius 1 is 1.11 bits per heavy atom. The Morgan fingerprint density at radius 3 is 2.63 bits per heavy atom. The van der Waals surface area contributed by atoms with Crippen molar-refractivity contribution in [2.75, 3.05) is 0 Å². The van der Waals surface area contributed by atoms with Crippen molar-refractivity contribution in [2.45, 2.75) is 39.9 Å². The summed E-state index contributed by atoms with van der Waals surface area (Å²) in [5.74, 6) is 0.333. The van der Waals surface area contributed by atoms with E-state index < -0.39 is 0 Å². The molecule has 0 saturated carbocycles. The van der Waals surface area contributed by atoms with Crippen molar-refractivity contribution >= 4 is 5.91 Å². The molecule has 3 aromatic rings. The predicted molar refractivity (Wildman–Crippen MR) is 102 cm³/mol. The molecule has 0 spiro atoms. The number of pyridine rings is 1. The number of rotatable bonds is 7. The van der Waals surface area contributed by atoms with Gasteiger partial charge in [-0.3, -0.25) is 14.3 Å². The Bertz CT molecular complexity index is 976. The van der Waals surface area contributed by atoms with Gasteiger partial charge in [-0.2, -0.15) is 5.10 Å². The predicted octanol–water partition coefficient (Wildman–Crippen LogP) is 1.62. The summed E-state index contributed by atoms with van der Waals surface area (Å²) in [6.07, 6.45) is 2.43. The molecular formula is C20H23N5O2. The average molecular weight is 365 g/mol. The first kappa shape index (κ1) is 18.6. The third kappa shape index (κ3) is 4.69. The van der Waals surface area contributed by atoms with E-state index in [2.05, 4.69) is 15.4 Å². The molecule has 3 rings (SSSR count). The Hall–Kier alpha value is -3.22. The van der Waals surface area contributed by atoms with E-state index in [1.54, 1.807) is 17.7 Å². The van der Waals surface area contributed by atoms with E-state index in [1.807, 2.05) is 49.4 Å². The van der Waals surface area contributed by atoms with Crippen LogP contribution in [0.3, 0.4) is 0 Å². The highest BCUT2D eigenvalue weighted by Crippen LogP contribution is 2.03. The molecule has 1 amide bonds. The van der Waals surface area contributed by atoms with Gasteiger partial charge in [-0.25, -0.2) is 9.48 Å². The zero-order valence-corrected chi connectivity index (χ0v) is 15.6. The minimum absolute atomic E-state index is 0.107. The van der Waals surface area contributed by atoms with E-state index in [4.69, 9.17) is 0 Å². The molecule has 27 heavy (non-hydrogen) atoms. The number of hydrogen-bond donors (Lipinski definition) is 1. The van der Waals surface area contributed by atoms with E-state index >= 15 is 0 Å². The Kier molecular flexibility index (Phi) is 5.80. The first-order chi connectivity index (χ1) is 13.0. The van der Waals surface area contributed by atoms with Crippen molar-refractivity contribution < 1.29 is 4.79 Å². The quantitative estimate of drug-likeness (QED) is 0.690. The maximum atomic E-state index is 12.5. The minimum atomic E-state index is -0.271. The highest BCUT2D eigenvalue weighted by Gasteiger charge is 2.13. The number of nitrogens with zero attached hydrogens (tertiary/aromatic N) is 4. The van der Waals surface area contributed by atoms with Crippen molar-refractivity contribution in [1.82, 2.24) is 24.6 Å². The summed E-state index contributed by atoms with van der Waals surface area (Å²) in [7, 11) is 0. The van der Waals surface area contributed by atoms with Gasteiger partial charge >= 0.3 is 5.69 Å². The van der Waals surface area contributed by atoms with Gasteiger partial charge in [0.25, 0.3) is 0 Å².